The third kappa shape index (κ3) is 3.95. The van der Waals surface area contributed by atoms with Gasteiger partial charge in [0.15, 0.2) is 5.78 Å². The smallest absolute Gasteiger partial charge is 0.182 e. The van der Waals surface area contributed by atoms with Gasteiger partial charge < -0.3 is 0 Å². The van der Waals surface area contributed by atoms with Gasteiger partial charge in [0.05, 0.1) is 6.20 Å². The summed E-state index contributed by atoms with van der Waals surface area (Å²) in [6, 6.07) is 7.53. The van der Waals surface area contributed by atoms with Crippen molar-refractivity contribution < 1.29 is 9.18 Å². The second-order valence-electron chi connectivity index (χ2n) is 5.32. The van der Waals surface area contributed by atoms with Gasteiger partial charge in [0.25, 0.3) is 0 Å². The molecule has 0 spiro atoms. The van der Waals surface area contributed by atoms with Crippen LogP contribution in [0.5, 0.6) is 0 Å². The van der Waals surface area contributed by atoms with E-state index in [0.717, 1.165) is 19.3 Å². The lowest BCUT2D eigenvalue weighted by Crippen LogP contribution is -2.28. The lowest BCUT2D eigenvalue weighted by Gasteiger charge is -2.20. The predicted molar refractivity (Wildman–Crippen MR) is 80.9 cm³/mol. The Bertz CT molecular complexity index is 593. The van der Waals surface area contributed by atoms with Gasteiger partial charge in [-0.3, -0.25) is 14.7 Å². The number of nitrogens with zero attached hydrogens (tertiary/aromatic N) is 2. The molecule has 3 rings (SSSR count). The van der Waals surface area contributed by atoms with E-state index in [9.17, 15) is 9.18 Å². The molecule has 110 valence electrons. The SMILES string of the molecule is O=C(CCN(Cc1cccs1)C1CC1)c1ccc(F)cn1. The maximum atomic E-state index is 12.8. The Morgan fingerprint density at radius 2 is 2.24 bits per heavy atom. The Morgan fingerprint density at radius 1 is 1.38 bits per heavy atom. The molecule has 3 nitrogen and oxygen atoms in total. The van der Waals surface area contributed by atoms with Crippen molar-refractivity contribution in [1.82, 2.24) is 9.88 Å². The minimum atomic E-state index is -0.413. The fraction of sp³-hybridized carbons (Fsp3) is 0.375. The maximum Gasteiger partial charge on any atom is 0.182 e. The molecule has 5 heteroatoms. The van der Waals surface area contributed by atoms with Crippen molar-refractivity contribution in [1.29, 1.82) is 0 Å². The van der Waals surface area contributed by atoms with E-state index in [4.69, 9.17) is 0 Å². The van der Waals surface area contributed by atoms with E-state index in [0.29, 0.717) is 18.2 Å². The number of hydrogen-bond acceptors (Lipinski definition) is 4. The second kappa shape index (κ2) is 6.45. The first kappa shape index (κ1) is 14.4. The van der Waals surface area contributed by atoms with Crippen LogP contribution in [-0.4, -0.2) is 28.3 Å². The molecule has 0 aliphatic heterocycles. The number of ketones is 1. The first-order valence-corrected chi connectivity index (χ1v) is 8.01. The van der Waals surface area contributed by atoms with Crippen LogP contribution < -0.4 is 0 Å². The van der Waals surface area contributed by atoms with Crippen LogP contribution in [0.4, 0.5) is 4.39 Å². The molecule has 0 atom stereocenters. The number of halogens is 1. The first-order valence-electron chi connectivity index (χ1n) is 7.13. The molecular weight excluding hydrogens is 287 g/mol. The average Bonchev–Trinajstić information content (AvgIpc) is 3.21. The molecule has 1 saturated carbocycles. The Morgan fingerprint density at radius 3 is 2.86 bits per heavy atom. The third-order valence-electron chi connectivity index (χ3n) is 3.64. The summed E-state index contributed by atoms with van der Waals surface area (Å²) in [5.41, 5.74) is 0.350. The van der Waals surface area contributed by atoms with Crippen molar-refractivity contribution in [3.63, 3.8) is 0 Å². The highest BCUT2D eigenvalue weighted by atomic mass is 32.1. The Labute approximate surface area is 127 Å². The molecule has 2 aromatic rings. The summed E-state index contributed by atoms with van der Waals surface area (Å²) in [4.78, 5) is 19.6. The minimum Gasteiger partial charge on any atom is -0.295 e. The van der Waals surface area contributed by atoms with Gasteiger partial charge in [-0.25, -0.2) is 4.39 Å². The number of Topliss-reactive ketones (excluding diaryl/α,β-unsaturated/α-hetero) is 1. The monoisotopic (exact) mass is 304 g/mol. The summed E-state index contributed by atoms with van der Waals surface area (Å²) in [5, 5.41) is 2.08. The number of thiophene rings is 1. The zero-order valence-electron chi connectivity index (χ0n) is 11.7. The Kier molecular flexibility index (Phi) is 4.41. The highest BCUT2D eigenvalue weighted by Gasteiger charge is 2.29. The number of pyridine rings is 1. The molecule has 1 fully saturated rings. The Hall–Kier alpha value is -1.59. The van der Waals surface area contributed by atoms with E-state index in [1.807, 2.05) is 0 Å². The molecule has 0 amide bonds. The van der Waals surface area contributed by atoms with Gasteiger partial charge >= 0.3 is 0 Å². The van der Waals surface area contributed by atoms with Crippen LogP contribution in [0.15, 0.2) is 35.8 Å². The van der Waals surface area contributed by atoms with Crippen molar-refractivity contribution in [2.75, 3.05) is 6.54 Å². The van der Waals surface area contributed by atoms with Crippen LogP contribution in [0.3, 0.4) is 0 Å². The molecule has 0 N–H and O–H groups in total. The molecule has 1 aliphatic carbocycles. The molecule has 0 bridgehead atoms. The van der Waals surface area contributed by atoms with Gasteiger partial charge in [0.2, 0.25) is 0 Å². The van der Waals surface area contributed by atoms with E-state index in [-0.39, 0.29) is 5.78 Å². The van der Waals surface area contributed by atoms with Crippen molar-refractivity contribution in [2.24, 2.45) is 0 Å². The average molecular weight is 304 g/mol. The van der Waals surface area contributed by atoms with Gasteiger partial charge in [0.1, 0.15) is 11.5 Å². The summed E-state index contributed by atoms with van der Waals surface area (Å²) >= 11 is 1.75. The van der Waals surface area contributed by atoms with Gasteiger partial charge in [0, 0.05) is 30.4 Å². The number of aromatic nitrogens is 1. The fourth-order valence-corrected chi connectivity index (χ4v) is 3.08. The van der Waals surface area contributed by atoms with Crippen LogP contribution in [0, 0.1) is 5.82 Å². The van der Waals surface area contributed by atoms with Crippen LogP contribution in [-0.2, 0) is 6.54 Å². The number of carbonyl (C=O) groups excluding carboxylic acids is 1. The van der Waals surface area contributed by atoms with E-state index in [1.54, 1.807) is 11.3 Å². The van der Waals surface area contributed by atoms with Crippen LogP contribution in [0.1, 0.15) is 34.6 Å². The highest BCUT2D eigenvalue weighted by Crippen LogP contribution is 2.29. The molecule has 0 saturated heterocycles. The van der Waals surface area contributed by atoms with E-state index in [1.165, 1.54) is 29.9 Å². The lowest BCUT2D eigenvalue weighted by atomic mass is 10.2. The second-order valence-corrected chi connectivity index (χ2v) is 6.35. The normalized spacial score (nSPS) is 14.6. The van der Waals surface area contributed by atoms with Gasteiger partial charge in [-0.1, -0.05) is 6.07 Å². The molecule has 1 aliphatic rings. The van der Waals surface area contributed by atoms with Crippen LogP contribution in [0.25, 0.3) is 0 Å². The minimum absolute atomic E-state index is 0.0215. The zero-order valence-corrected chi connectivity index (χ0v) is 12.5. The van der Waals surface area contributed by atoms with Gasteiger partial charge in [-0.2, -0.15) is 0 Å². The van der Waals surface area contributed by atoms with Crippen molar-refractivity contribution in [2.45, 2.75) is 31.8 Å². The van der Waals surface area contributed by atoms with Gasteiger partial charge in [-0.05, 0) is 36.4 Å². The standard InChI is InChI=1S/C16H17FN2OS/c17-12-3-6-15(18-10-12)16(20)7-8-19(13-4-5-13)11-14-2-1-9-21-14/h1-3,6,9-10,13H,4-5,7-8,11H2. The van der Waals surface area contributed by atoms with Gasteiger partial charge in [-0.15, -0.1) is 11.3 Å². The van der Waals surface area contributed by atoms with E-state index >= 15 is 0 Å². The maximum absolute atomic E-state index is 12.8. The van der Waals surface area contributed by atoms with Crippen molar-refractivity contribution in [3.8, 4) is 0 Å². The number of rotatable bonds is 7. The molecule has 0 radical (unpaired) electrons. The molecular formula is C16H17FN2OS. The summed E-state index contributed by atoms with van der Waals surface area (Å²) < 4.78 is 12.8. The third-order valence-corrected chi connectivity index (χ3v) is 4.50. The highest BCUT2D eigenvalue weighted by molar-refractivity contribution is 7.09. The summed E-state index contributed by atoms with van der Waals surface area (Å²) in [5.74, 6) is -0.435. The quantitative estimate of drug-likeness (QED) is 0.734. The van der Waals surface area contributed by atoms with Crippen molar-refractivity contribution in [3.05, 3.63) is 52.2 Å². The summed E-state index contributed by atoms with van der Waals surface area (Å²) in [6.07, 6.45) is 3.96. The number of carbonyl (C=O) groups is 1. The van der Waals surface area contributed by atoms with Crippen LogP contribution >= 0.6 is 11.3 Å². The lowest BCUT2D eigenvalue weighted by molar-refractivity contribution is 0.0955. The predicted octanol–water partition coefficient (Wildman–Crippen LogP) is 3.52. The first-order chi connectivity index (χ1) is 10.2. The molecule has 21 heavy (non-hydrogen) atoms. The number of hydrogen-bond donors (Lipinski definition) is 0. The zero-order chi connectivity index (χ0) is 14.7. The Balaban J connectivity index is 1.56. The summed E-state index contributed by atoms with van der Waals surface area (Å²) in [7, 11) is 0. The molecule has 0 unspecified atom stereocenters. The molecule has 0 aromatic carbocycles. The fourth-order valence-electron chi connectivity index (χ4n) is 2.35. The molecule has 2 heterocycles. The van der Waals surface area contributed by atoms with Crippen LogP contribution in [0.2, 0.25) is 0 Å². The molecule has 2 aromatic heterocycles. The topological polar surface area (TPSA) is 33.2 Å². The van der Waals surface area contributed by atoms with Crippen molar-refractivity contribution >= 4 is 17.1 Å². The van der Waals surface area contributed by atoms with E-state index in [2.05, 4.69) is 27.4 Å². The van der Waals surface area contributed by atoms with E-state index < -0.39 is 5.82 Å². The summed E-state index contributed by atoms with van der Waals surface area (Å²) in [6.45, 7) is 1.65. The largest absolute Gasteiger partial charge is 0.295 e.